The zero-order valence-corrected chi connectivity index (χ0v) is 11.3. The largest absolute Gasteiger partial charge is 0.465 e. The summed E-state index contributed by atoms with van der Waals surface area (Å²) in [5.74, 6) is -1.25. The molecule has 106 valence electrons. The summed E-state index contributed by atoms with van der Waals surface area (Å²) in [6.07, 6.45) is 1.60. The van der Waals surface area contributed by atoms with Gasteiger partial charge in [0, 0.05) is 19.2 Å². The third-order valence-electron chi connectivity index (χ3n) is 2.89. The lowest BCUT2D eigenvalue weighted by atomic mass is 10.1. The Bertz CT molecular complexity index is 423. The molecule has 1 unspecified atom stereocenters. The van der Waals surface area contributed by atoms with E-state index < -0.39 is 11.8 Å². The molecule has 0 fully saturated rings. The molecule has 0 aromatic heterocycles. The van der Waals surface area contributed by atoms with Crippen molar-refractivity contribution in [2.75, 3.05) is 13.7 Å². The van der Waals surface area contributed by atoms with E-state index in [0.29, 0.717) is 6.54 Å². The summed E-state index contributed by atoms with van der Waals surface area (Å²) in [6.45, 7) is 2.70. The second-order valence-electron chi connectivity index (χ2n) is 4.45. The normalized spacial score (nSPS) is 12.2. The van der Waals surface area contributed by atoms with Crippen molar-refractivity contribution in [1.82, 2.24) is 5.32 Å². The third kappa shape index (κ3) is 4.96. The zero-order valence-electron chi connectivity index (χ0n) is 11.3. The summed E-state index contributed by atoms with van der Waals surface area (Å²) in [6, 6.07) is 4.70. The summed E-state index contributed by atoms with van der Waals surface area (Å²) >= 11 is 0. The summed E-state index contributed by atoms with van der Waals surface area (Å²) in [7, 11) is 1.22. The van der Waals surface area contributed by atoms with Gasteiger partial charge in [-0.1, -0.05) is 6.07 Å². The number of carbonyl (C=O) groups excluding carboxylic acids is 1. The minimum Gasteiger partial charge on any atom is -0.465 e. The number of rotatable bonds is 7. The van der Waals surface area contributed by atoms with Crippen LogP contribution in [0.2, 0.25) is 0 Å². The maximum Gasteiger partial charge on any atom is 0.340 e. The zero-order chi connectivity index (χ0) is 14.3. The van der Waals surface area contributed by atoms with Gasteiger partial charge in [0.1, 0.15) is 5.82 Å². The lowest BCUT2D eigenvalue weighted by molar-refractivity contribution is 0.0595. The fraction of sp³-hybridized carbons (Fsp3) is 0.500. The Morgan fingerprint density at radius 2 is 2.26 bits per heavy atom. The number of nitrogens with one attached hydrogen (secondary N) is 1. The molecule has 0 bridgehead atoms. The number of hydrogen-bond acceptors (Lipinski definition) is 4. The first-order chi connectivity index (χ1) is 9.08. The summed E-state index contributed by atoms with van der Waals surface area (Å²) in [4.78, 5) is 11.2. The monoisotopic (exact) mass is 269 g/mol. The first-order valence-corrected chi connectivity index (χ1v) is 6.29. The average molecular weight is 269 g/mol. The fourth-order valence-electron chi connectivity index (χ4n) is 1.74. The maximum absolute atomic E-state index is 13.7. The molecule has 0 aliphatic rings. The molecule has 1 rings (SSSR count). The Hall–Kier alpha value is -1.46. The van der Waals surface area contributed by atoms with Gasteiger partial charge in [-0.15, -0.1) is 0 Å². The predicted octanol–water partition coefficient (Wildman–Crippen LogP) is 1.86. The number of carbonyl (C=O) groups is 1. The van der Waals surface area contributed by atoms with Crippen LogP contribution in [0.1, 0.15) is 35.7 Å². The van der Waals surface area contributed by atoms with Crippen LogP contribution in [0.5, 0.6) is 0 Å². The topological polar surface area (TPSA) is 58.6 Å². The first-order valence-electron chi connectivity index (χ1n) is 6.29. The number of halogens is 1. The van der Waals surface area contributed by atoms with Gasteiger partial charge in [-0.25, -0.2) is 9.18 Å². The molecule has 0 aliphatic heterocycles. The Morgan fingerprint density at radius 3 is 2.84 bits per heavy atom. The molecule has 0 amide bonds. The molecule has 0 heterocycles. The molecule has 5 heteroatoms. The molecule has 1 atom stereocenters. The fourth-order valence-corrected chi connectivity index (χ4v) is 1.74. The van der Waals surface area contributed by atoms with Crippen LogP contribution in [-0.2, 0) is 11.3 Å². The SMILES string of the molecule is COC(=O)c1ccc(CNC(C)CCCO)cc1F. The van der Waals surface area contributed by atoms with Gasteiger partial charge < -0.3 is 15.2 Å². The van der Waals surface area contributed by atoms with Crippen LogP contribution < -0.4 is 5.32 Å². The lowest BCUT2D eigenvalue weighted by Gasteiger charge is -2.13. The van der Waals surface area contributed by atoms with Crippen LogP contribution in [0.3, 0.4) is 0 Å². The molecule has 0 aliphatic carbocycles. The number of methoxy groups -OCH3 is 1. The van der Waals surface area contributed by atoms with Gasteiger partial charge in [-0.3, -0.25) is 0 Å². The van der Waals surface area contributed by atoms with E-state index in [1.165, 1.54) is 19.2 Å². The van der Waals surface area contributed by atoms with Gasteiger partial charge in [0.05, 0.1) is 12.7 Å². The molecular formula is C14H20FNO3. The second-order valence-corrected chi connectivity index (χ2v) is 4.45. The molecule has 0 spiro atoms. The molecule has 1 aromatic rings. The van der Waals surface area contributed by atoms with Crippen LogP contribution in [0.25, 0.3) is 0 Å². The van der Waals surface area contributed by atoms with E-state index in [1.54, 1.807) is 6.07 Å². The van der Waals surface area contributed by atoms with Gasteiger partial charge in [-0.2, -0.15) is 0 Å². The highest BCUT2D eigenvalue weighted by atomic mass is 19.1. The number of aliphatic hydroxyl groups is 1. The van der Waals surface area contributed by atoms with E-state index in [2.05, 4.69) is 10.1 Å². The Labute approximate surface area is 112 Å². The Kier molecular flexibility index (Phi) is 6.45. The van der Waals surface area contributed by atoms with Crippen molar-refractivity contribution >= 4 is 5.97 Å². The van der Waals surface area contributed by atoms with Gasteiger partial charge >= 0.3 is 5.97 Å². The molecular weight excluding hydrogens is 249 g/mol. The molecule has 2 N–H and O–H groups in total. The van der Waals surface area contributed by atoms with E-state index in [4.69, 9.17) is 5.11 Å². The van der Waals surface area contributed by atoms with Gasteiger partial charge in [0.25, 0.3) is 0 Å². The number of hydrogen-bond donors (Lipinski definition) is 2. The summed E-state index contributed by atoms with van der Waals surface area (Å²) in [5, 5.41) is 12.0. The van der Waals surface area contributed by atoms with Crippen LogP contribution in [-0.4, -0.2) is 30.8 Å². The van der Waals surface area contributed by atoms with Crippen molar-refractivity contribution < 1.29 is 19.0 Å². The maximum atomic E-state index is 13.7. The quantitative estimate of drug-likeness (QED) is 0.742. The van der Waals surface area contributed by atoms with Crippen LogP contribution in [0.4, 0.5) is 4.39 Å². The van der Waals surface area contributed by atoms with E-state index in [9.17, 15) is 9.18 Å². The van der Waals surface area contributed by atoms with Crippen molar-refractivity contribution in [3.05, 3.63) is 35.1 Å². The Balaban J connectivity index is 2.56. The standard InChI is InChI=1S/C14H20FNO3/c1-10(4-3-7-17)16-9-11-5-6-12(13(15)8-11)14(18)19-2/h5-6,8,10,16-17H,3-4,7,9H2,1-2H3. The minimum absolute atomic E-state index is 0.0559. The highest BCUT2D eigenvalue weighted by Gasteiger charge is 2.12. The number of esters is 1. The Morgan fingerprint density at radius 1 is 1.53 bits per heavy atom. The van der Waals surface area contributed by atoms with Gasteiger partial charge in [0.15, 0.2) is 0 Å². The summed E-state index contributed by atoms with van der Waals surface area (Å²) < 4.78 is 18.1. The molecule has 0 radical (unpaired) electrons. The van der Waals surface area contributed by atoms with Crippen molar-refractivity contribution in [3.8, 4) is 0 Å². The van der Waals surface area contributed by atoms with Crippen LogP contribution >= 0.6 is 0 Å². The van der Waals surface area contributed by atoms with E-state index in [1.807, 2.05) is 6.92 Å². The van der Waals surface area contributed by atoms with Gasteiger partial charge in [-0.05, 0) is 37.5 Å². The van der Waals surface area contributed by atoms with E-state index in [0.717, 1.165) is 18.4 Å². The number of benzene rings is 1. The molecule has 4 nitrogen and oxygen atoms in total. The lowest BCUT2D eigenvalue weighted by Crippen LogP contribution is -2.25. The highest BCUT2D eigenvalue weighted by Crippen LogP contribution is 2.12. The number of ether oxygens (including phenoxy) is 1. The first kappa shape index (κ1) is 15.6. The van der Waals surface area contributed by atoms with Crippen LogP contribution in [0, 0.1) is 5.82 Å². The van der Waals surface area contributed by atoms with E-state index >= 15 is 0 Å². The van der Waals surface area contributed by atoms with Crippen molar-refractivity contribution in [2.24, 2.45) is 0 Å². The van der Waals surface area contributed by atoms with E-state index in [-0.39, 0.29) is 18.2 Å². The average Bonchev–Trinajstić information content (AvgIpc) is 2.42. The predicted molar refractivity (Wildman–Crippen MR) is 70.4 cm³/mol. The van der Waals surface area contributed by atoms with Crippen molar-refractivity contribution in [2.45, 2.75) is 32.4 Å². The molecule has 19 heavy (non-hydrogen) atoms. The van der Waals surface area contributed by atoms with Crippen molar-refractivity contribution in [3.63, 3.8) is 0 Å². The number of aliphatic hydroxyl groups excluding tert-OH is 1. The highest BCUT2D eigenvalue weighted by molar-refractivity contribution is 5.89. The smallest absolute Gasteiger partial charge is 0.340 e. The minimum atomic E-state index is -0.673. The molecule has 0 saturated heterocycles. The molecule has 1 aromatic carbocycles. The van der Waals surface area contributed by atoms with Gasteiger partial charge in [0.2, 0.25) is 0 Å². The molecule has 0 saturated carbocycles. The van der Waals surface area contributed by atoms with Crippen LogP contribution in [0.15, 0.2) is 18.2 Å². The van der Waals surface area contributed by atoms with Crippen molar-refractivity contribution in [1.29, 1.82) is 0 Å². The third-order valence-corrected chi connectivity index (χ3v) is 2.89. The second kappa shape index (κ2) is 7.86. The summed E-state index contributed by atoms with van der Waals surface area (Å²) in [5.41, 5.74) is 0.709.